The SMILES string of the molecule is COC(=O)c1ccc(CO[P+](=O)OCc2ccc(C(=O)OC)cc2)cc1. The number of rotatable bonds is 8. The largest absolute Gasteiger partial charge is 0.698 e. The molecule has 0 unspecified atom stereocenters. The average molecular weight is 377 g/mol. The third-order valence-corrected chi connectivity index (χ3v) is 4.10. The van der Waals surface area contributed by atoms with E-state index in [1.807, 2.05) is 0 Å². The van der Waals surface area contributed by atoms with E-state index < -0.39 is 20.2 Å². The summed E-state index contributed by atoms with van der Waals surface area (Å²) in [6.45, 7) is 0.163. The van der Waals surface area contributed by atoms with Crippen molar-refractivity contribution in [2.45, 2.75) is 13.2 Å². The van der Waals surface area contributed by atoms with Gasteiger partial charge in [-0.2, -0.15) is 0 Å². The number of ether oxygens (including phenoxy) is 2. The van der Waals surface area contributed by atoms with Crippen molar-refractivity contribution in [2.75, 3.05) is 14.2 Å². The summed E-state index contributed by atoms with van der Waals surface area (Å²) in [5.74, 6) is -0.852. The summed E-state index contributed by atoms with van der Waals surface area (Å²) in [7, 11) is 0.312. The fourth-order valence-corrected chi connectivity index (χ4v) is 2.59. The third-order valence-electron chi connectivity index (χ3n) is 3.42. The molecule has 0 amide bonds. The Morgan fingerprint density at radius 2 is 1.08 bits per heavy atom. The molecule has 2 aromatic carbocycles. The second-order valence-corrected chi connectivity index (χ2v) is 6.11. The van der Waals surface area contributed by atoms with Crippen LogP contribution in [0.4, 0.5) is 0 Å². The Hall–Kier alpha value is -2.60. The first-order chi connectivity index (χ1) is 12.5. The molecule has 7 nitrogen and oxygen atoms in total. The van der Waals surface area contributed by atoms with Gasteiger partial charge in [0.15, 0.2) is 0 Å². The summed E-state index contributed by atoms with van der Waals surface area (Å²) in [6, 6.07) is 13.1. The monoisotopic (exact) mass is 377 g/mol. The van der Waals surface area contributed by atoms with E-state index in [9.17, 15) is 14.2 Å². The lowest BCUT2D eigenvalue weighted by atomic mass is 10.1. The molecule has 0 saturated heterocycles. The van der Waals surface area contributed by atoms with E-state index in [1.165, 1.54) is 14.2 Å². The van der Waals surface area contributed by atoms with Crippen LogP contribution < -0.4 is 0 Å². The fourth-order valence-electron chi connectivity index (χ4n) is 2.00. The van der Waals surface area contributed by atoms with Gasteiger partial charge in [0.25, 0.3) is 0 Å². The molecule has 8 heteroatoms. The van der Waals surface area contributed by atoms with Crippen molar-refractivity contribution >= 4 is 20.2 Å². The normalized spacial score (nSPS) is 10.2. The molecule has 0 atom stereocenters. The van der Waals surface area contributed by atoms with Gasteiger partial charge in [0, 0.05) is 4.57 Å². The van der Waals surface area contributed by atoms with Gasteiger partial charge in [-0.25, -0.2) is 9.59 Å². The van der Waals surface area contributed by atoms with E-state index in [0.717, 1.165) is 11.1 Å². The molecule has 0 spiro atoms. The maximum Gasteiger partial charge on any atom is 0.698 e. The minimum Gasteiger partial charge on any atom is -0.465 e. The van der Waals surface area contributed by atoms with E-state index in [0.29, 0.717) is 11.1 Å². The molecule has 2 aromatic rings. The summed E-state index contributed by atoms with van der Waals surface area (Å²) < 4.78 is 31.3. The summed E-state index contributed by atoms with van der Waals surface area (Å²) in [5, 5.41) is 0. The summed E-state index contributed by atoms with van der Waals surface area (Å²) in [5.41, 5.74) is 2.33. The quantitative estimate of drug-likeness (QED) is 0.512. The van der Waals surface area contributed by atoms with Crippen LogP contribution in [0.25, 0.3) is 0 Å². The molecule has 136 valence electrons. The van der Waals surface area contributed by atoms with Gasteiger partial charge in [0.2, 0.25) is 0 Å². The lowest BCUT2D eigenvalue weighted by Crippen LogP contribution is -2.01. The van der Waals surface area contributed by atoms with Gasteiger partial charge in [-0.1, -0.05) is 24.3 Å². The number of carbonyl (C=O) groups is 2. The predicted octanol–water partition coefficient (Wildman–Crippen LogP) is 3.65. The zero-order valence-corrected chi connectivity index (χ0v) is 15.2. The number of methoxy groups -OCH3 is 2. The van der Waals surface area contributed by atoms with Gasteiger partial charge < -0.3 is 9.47 Å². The van der Waals surface area contributed by atoms with Crippen LogP contribution in [0.2, 0.25) is 0 Å². The molecule has 0 heterocycles. The van der Waals surface area contributed by atoms with Gasteiger partial charge in [-0.3, -0.25) is 0 Å². The molecule has 0 fully saturated rings. The lowest BCUT2D eigenvalue weighted by molar-refractivity contribution is 0.0592. The zero-order valence-electron chi connectivity index (χ0n) is 14.3. The Kier molecular flexibility index (Phi) is 7.41. The Balaban J connectivity index is 1.78. The molecule has 0 saturated carbocycles. The molecule has 0 aromatic heterocycles. The molecule has 0 aliphatic heterocycles. The number of hydrogen-bond donors (Lipinski definition) is 0. The van der Waals surface area contributed by atoms with Crippen LogP contribution >= 0.6 is 8.25 Å². The van der Waals surface area contributed by atoms with Crippen molar-refractivity contribution in [3.8, 4) is 0 Å². The first kappa shape index (κ1) is 19.7. The van der Waals surface area contributed by atoms with Crippen molar-refractivity contribution in [1.82, 2.24) is 0 Å². The Bertz CT molecular complexity index is 704. The van der Waals surface area contributed by atoms with Gasteiger partial charge in [-0.15, -0.1) is 9.05 Å². The molecular formula is C18H18O7P+. The van der Waals surface area contributed by atoms with Crippen LogP contribution in [0, 0.1) is 0 Å². The van der Waals surface area contributed by atoms with Gasteiger partial charge in [-0.05, 0) is 35.4 Å². The van der Waals surface area contributed by atoms with Crippen LogP contribution in [-0.2, 0) is 36.3 Å². The molecule has 0 aliphatic rings. The third kappa shape index (κ3) is 5.74. The minimum absolute atomic E-state index is 0.0813. The highest BCUT2D eigenvalue weighted by atomic mass is 31.1. The molecule has 0 bridgehead atoms. The zero-order chi connectivity index (χ0) is 18.9. The molecule has 2 rings (SSSR count). The van der Waals surface area contributed by atoms with E-state index >= 15 is 0 Å². The summed E-state index contributed by atoms with van der Waals surface area (Å²) in [6.07, 6.45) is 0. The minimum atomic E-state index is -2.31. The maximum absolute atomic E-state index is 11.8. The predicted molar refractivity (Wildman–Crippen MR) is 92.7 cm³/mol. The van der Waals surface area contributed by atoms with Crippen molar-refractivity contribution in [3.05, 3.63) is 70.8 Å². The Morgan fingerprint density at radius 1 is 0.731 bits per heavy atom. The molecular weight excluding hydrogens is 359 g/mol. The maximum atomic E-state index is 11.8. The molecule has 26 heavy (non-hydrogen) atoms. The smallest absolute Gasteiger partial charge is 0.465 e. The van der Waals surface area contributed by atoms with Crippen LogP contribution in [-0.4, -0.2) is 26.2 Å². The molecule has 0 N–H and O–H groups in total. The second kappa shape index (κ2) is 9.77. The number of carbonyl (C=O) groups excluding carboxylic acids is 2. The summed E-state index contributed by atoms with van der Waals surface area (Å²) in [4.78, 5) is 22.7. The number of benzene rings is 2. The van der Waals surface area contributed by atoms with Crippen molar-refractivity contribution in [2.24, 2.45) is 0 Å². The van der Waals surface area contributed by atoms with Crippen LogP contribution in [0.5, 0.6) is 0 Å². The van der Waals surface area contributed by atoms with Crippen LogP contribution in [0.15, 0.2) is 48.5 Å². The van der Waals surface area contributed by atoms with E-state index in [2.05, 4.69) is 9.47 Å². The highest BCUT2D eigenvalue weighted by Gasteiger charge is 2.21. The standard InChI is InChI=1S/C18H18O7P/c1-22-17(19)15-7-3-13(4-8-15)11-24-26(21)25-12-14-5-9-16(10-6-14)18(20)23-2/h3-10H,11-12H2,1-2H3/q+1. The van der Waals surface area contributed by atoms with Gasteiger partial charge >= 0.3 is 20.2 Å². The average Bonchev–Trinajstić information content (AvgIpc) is 2.70. The van der Waals surface area contributed by atoms with Gasteiger partial charge in [0.05, 0.1) is 25.3 Å². The fraction of sp³-hybridized carbons (Fsp3) is 0.222. The van der Waals surface area contributed by atoms with E-state index in [4.69, 9.17) is 9.05 Å². The van der Waals surface area contributed by atoms with Crippen molar-refractivity contribution in [3.63, 3.8) is 0 Å². The highest BCUT2D eigenvalue weighted by molar-refractivity contribution is 7.33. The van der Waals surface area contributed by atoms with Crippen LogP contribution in [0.1, 0.15) is 31.8 Å². The first-order valence-corrected chi connectivity index (χ1v) is 8.70. The second-order valence-electron chi connectivity index (χ2n) is 5.15. The lowest BCUT2D eigenvalue weighted by Gasteiger charge is -2.01. The van der Waals surface area contributed by atoms with Crippen LogP contribution in [0.3, 0.4) is 0 Å². The van der Waals surface area contributed by atoms with E-state index in [1.54, 1.807) is 48.5 Å². The topological polar surface area (TPSA) is 88.1 Å². The Morgan fingerprint density at radius 3 is 1.38 bits per heavy atom. The molecule has 0 aliphatic carbocycles. The van der Waals surface area contributed by atoms with E-state index in [-0.39, 0.29) is 13.2 Å². The first-order valence-electron chi connectivity index (χ1n) is 7.61. The van der Waals surface area contributed by atoms with Crippen molar-refractivity contribution in [1.29, 1.82) is 0 Å². The Labute approximate surface area is 151 Å². The van der Waals surface area contributed by atoms with Gasteiger partial charge in [0.1, 0.15) is 13.2 Å². The number of hydrogen-bond acceptors (Lipinski definition) is 7. The van der Waals surface area contributed by atoms with Crippen molar-refractivity contribution < 1.29 is 32.7 Å². The molecule has 0 radical (unpaired) electrons. The summed E-state index contributed by atoms with van der Waals surface area (Å²) >= 11 is 0. The number of esters is 2. The highest BCUT2D eigenvalue weighted by Crippen LogP contribution is 2.27.